The third-order valence-electron chi connectivity index (χ3n) is 4.28. The van der Waals surface area contributed by atoms with Gasteiger partial charge in [0, 0.05) is 31.4 Å². The minimum Gasteiger partial charge on any atom is -0.454 e. The Morgan fingerprint density at radius 3 is 2.79 bits per heavy atom. The number of hydrogen-bond donors (Lipinski definition) is 2. The van der Waals surface area contributed by atoms with Gasteiger partial charge in [-0.05, 0) is 25.0 Å². The highest BCUT2D eigenvalue weighted by Crippen LogP contribution is 2.28. The van der Waals surface area contributed by atoms with Crippen molar-refractivity contribution in [2.75, 3.05) is 25.0 Å². The van der Waals surface area contributed by atoms with Crippen molar-refractivity contribution in [1.29, 1.82) is 0 Å². The zero-order valence-corrected chi connectivity index (χ0v) is 14.9. The maximum atomic E-state index is 14.0. The number of ether oxygens (including phenoxy) is 1. The van der Waals surface area contributed by atoms with E-state index < -0.39 is 10.7 Å². The van der Waals surface area contributed by atoms with Crippen LogP contribution in [0, 0.1) is 15.9 Å². The van der Waals surface area contributed by atoms with E-state index in [-0.39, 0.29) is 41.6 Å². The number of non-ortho nitro benzene ring substituents is 1. The number of nitrogens with one attached hydrogen (secondary N) is 1. The third kappa shape index (κ3) is 5.21. The summed E-state index contributed by atoms with van der Waals surface area (Å²) in [5.41, 5.74) is -0.377. The molecule has 28 heavy (non-hydrogen) atoms. The lowest BCUT2D eigenvalue weighted by molar-refractivity contribution is -0.385. The van der Waals surface area contributed by atoms with Gasteiger partial charge < -0.3 is 15.2 Å². The van der Waals surface area contributed by atoms with Crippen molar-refractivity contribution in [1.82, 2.24) is 9.88 Å². The maximum absolute atomic E-state index is 14.0. The molecule has 0 unspecified atom stereocenters. The zero-order valence-electron chi connectivity index (χ0n) is 14.9. The van der Waals surface area contributed by atoms with Gasteiger partial charge in [0.25, 0.3) is 5.69 Å². The second-order valence-corrected chi connectivity index (χ2v) is 6.41. The van der Waals surface area contributed by atoms with Crippen LogP contribution in [-0.2, 0) is 4.79 Å². The number of amides is 1. The quantitative estimate of drug-likeness (QED) is 0.574. The fourth-order valence-electron chi connectivity index (χ4n) is 2.82. The fraction of sp³-hybridized carbons (Fsp3) is 0.333. The van der Waals surface area contributed by atoms with E-state index in [4.69, 9.17) is 4.74 Å². The van der Waals surface area contributed by atoms with E-state index in [1.54, 1.807) is 0 Å². The van der Waals surface area contributed by atoms with Crippen molar-refractivity contribution >= 4 is 17.4 Å². The van der Waals surface area contributed by atoms with E-state index in [9.17, 15) is 24.4 Å². The van der Waals surface area contributed by atoms with Gasteiger partial charge >= 0.3 is 0 Å². The Morgan fingerprint density at radius 1 is 1.36 bits per heavy atom. The van der Waals surface area contributed by atoms with Gasteiger partial charge in [0.05, 0.1) is 23.6 Å². The number of aromatic nitrogens is 1. The molecule has 0 bridgehead atoms. The highest BCUT2D eigenvalue weighted by atomic mass is 19.1. The monoisotopic (exact) mass is 390 g/mol. The molecule has 0 atom stereocenters. The molecule has 1 aromatic heterocycles. The van der Waals surface area contributed by atoms with Gasteiger partial charge in [0.15, 0.2) is 11.6 Å². The Morgan fingerprint density at radius 2 is 2.11 bits per heavy atom. The van der Waals surface area contributed by atoms with E-state index in [0.29, 0.717) is 25.9 Å². The summed E-state index contributed by atoms with van der Waals surface area (Å²) in [4.78, 5) is 28.1. The molecule has 1 aliphatic heterocycles. The predicted molar refractivity (Wildman–Crippen MR) is 97.7 cm³/mol. The molecule has 0 radical (unpaired) electrons. The molecule has 1 amide bonds. The van der Waals surface area contributed by atoms with E-state index in [0.717, 1.165) is 18.2 Å². The number of aliphatic hydroxyl groups is 1. The van der Waals surface area contributed by atoms with Gasteiger partial charge in [0.2, 0.25) is 5.91 Å². The Hall–Kier alpha value is -3.11. The Bertz CT molecular complexity index is 871. The summed E-state index contributed by atoms with van der Waals surface area (Å²) in [5, 5.41) is 22.8. The summed E-state index contributed by atoms with van der Waals surface area (Å²) < 4.78 is 19.4. The van der Waals surface area contributed by atoms with E-state index in [1.807, 2.05) is 4.90 Å². The maximum Gasteiger partial charge on any atom is 0.272 e. The third-order valence-corrected chi connectivity index (χ3v) is 4.28. The van der Waals surface area contributed by atoms with Crippen molar-refractivity contribution < 1.29 is 24.0 Å². The summed E-state index contributed by atoms with van der Waals surface area (Å²) in [6, 6.07) is 5.98. The summed E-state index contributed by atoms with van der Waals surface area (Å²) in [6.07, 6.45) is 2.35. The summed E-state index contributed by atoms with van der Waals surface area (Å²) in [6.45, 7) is 1.46. The molecule has 1 fully saturated rings. The van der Waals surface area contributed by atoms with Crippen LogP contribution in [0.1, 0.15) is 12.8 Å². The molecule has 1 aromatic carbocycles. The SMILES string of the molecule is O=C(CN1CCC(O)CC1)Nc1cc(Oc2ccc([N+](=O)[O-])cc2F)ccn1. The number of anilines is 1. The number of piperidine rings is 1. The highest BCUT2D eigenvalue weighted by molar-refractivity contribution is 5.91. The Kier molecular flexibility index (Phi) is 6.12. The van der Waals surface area contributed by atoms with E-state index >= 15 is 0 Å². The molecule has 3 rings (SSSR count). The second kappa shape index (κ2) is 8.72. The van der Waals surface area contributed by atoms with E-state index in [1.165, 1.54) is 18.3 Å². The predicted octanol–water partition coefficient (Wildman–Crippen LogP) is 2.32. The normalized spacial score (nSPS) is 15.2. The topological polar surface area (TPSA) is 118 Å². The number of benzene rings is 1. The number of aliphatic hydroxyl groups excluding tert-OH is 1. The van der Waals surface area contributed by atoms with Crippen molar-refractivity contribution in [3.05, 3.63) is 52.5 Å². The Balaban J connectivity index is 1.61. The number of pyridine rings is 1. The number of carbonyl (C=O) groups excluding carboxylic acids is 1. The first-order valence-electron chi connectivity index (χ1n) is 8.69. The van der Waals surface area contributed by atoms with Crippen LogP contribution in [0.15, 0.2) is 36.5 Å². The van der Waals surface area contributed by atoms with Gasteiger partial charge in [-0.15, -0.1) is 0 Å². The van der Waals surface area contributed by atoms with Crippen LogP contribution in [0.3, 0.4) is 0 Å². The molecular formula is C18H19FN4O5. The van der Waals surface area contributed by atoms with Crippen LogP contribution in [0.5, 0.6) is 11.5 Å². The molecule has 9 nitrogen and oxygen atoms in total. The molecule has 2 heterocycles. The number of nitrogens with zero attached hydrogens (tertiary/aromatic N) is 3. The molecule has 2 aromatic rings. The molecule has 0 aliphatic carbocycles. The zero-order chi connectivity index (χ0) is 20.1. The molecule has 10 heteroatoms. The number of nitro benzene ring substituents is 1. The van der Waals surface area contributed by atoms with Crippen LogP contribution >= 0.6 is 0 Å². The van der Waals surface area contributed by atoms with Crippen molar-refractivity contribution in [3.63, 3.8) is 0 Å². The smallest absolute Gasteiger partial charge is 0.272 e. The average molecular weight is 390 g/mol. The number of hydrogen-bond acceptors (Lipinski definition) is 7. The van der Waals surface area contributed by atoms with Gasteiger partial charge in [0.1, 0.15) is 11.6 Å². The molecule has 1 aliphatic rings. The number of rotatable bonds is 6. The summed E-state index contributed by atoms with van der Waals surface area (Å²) in [7, 11) is 0. The molecule has 148 valence electrons. The van der Waals surface area contributed by atoms with Gasteiger partial charge in [-0.3, -0.25) is 19.8 Å². The largest absolute Gasteiger partial charge is 0.454 e. The van der Waals surface area contributed by atoms with Gasteiger partial charge in [-0.2, -0.15) is 0 Å². The highest BCUT2D eigenvalue weighted by Gasteiger charge is 2.19. The van der Waals surface area contributed by atoms with Crippen LogP contribution in [0.25, 0.3) is 0 Å². The second-order valence-electron chi connectivity index (χ2n) is 6.41. The number of likely N-dealkylation sites (tertiary alicyclic amines) is 1. The molecule has 2 N–H and O–H groups in total. The summed E-state index contributed by atoms with van der Waals surface area (Å²) >= 11 is 0. The number of nitro groups is 1. The lowest BCUT2D eigenvalue weighted by Crippen LogP contribution is -2.40. The first-order chi connectivity index (χ1) is 13.4. The van der Waals surface area contributed by atoms with Crippen LogP contribution < -0.4 is 10.1 Å². The fourth-order valence-corrected chi connectivity index (χ4v) is 2.82. The lowest BCUT2D eigenvalue weighted by atomic mass is 10.1. The summed E-state index contributed by atoms with van der Waals surface area (Å²) in [5.74, 6) is -0.853. The molecule has 1 saturated heterocycles. The minimum absolute atomic E-state index is 0.177. The van der Waals surface area contributed by atoms with Gasteiger partial charge in [-0.25, -0.2) is 9.37 Å². The standard InChI is InChI=1S/C18H19FN4O5/c19-15-9-12(23(26)27)1-2-16(15)28-14-3-6-20-17(10-14)21-18(25)11-22-7-4-13(24)5-8-22/h1-3,6,9-10,13,24H,4-5,7-8,11H2,(H,20,21,25). The molecule has 0 spiro atoms. The first kappa shape index (κ1) is 19.6. The molecular weight excluding hydrogens is 371 g/mol. The lowest BCUT2D eigenvalue weighted by Gasteiger charge is -2.28. The van der Waals surface area contributed by atoms with Crippen molar-refractivity contribution in [3.8, 4) is 11.5 Å². The van der Waals surface area contributed by atoms with Crippen molar-refractivity contribution in [2.45, 2.75) is 18.9 Å². The van der Waals surface area contributed by atoms with Crippen LogP contribution in [0.2, 0.25) is 0 Å². The van der Waals surface area contributed by atoms with Crippen LogP contribution in [0.4, 0.5) is 15.9 Å². The van der Waals surface area contributed by atoms with Gasteiger partial charge in [-0.1, -0.05) is 0 Å². The molecule has 0 saturated carbocycles. The van der Waals surface area contributed by atoms with Crippen LogP contribution in [-0.4, -0.2) is 51.6 Å². The number of carbonyl (C=O) groups is 1. The minimum atomic E-state index is -0.871. The first-order valence-corrected chi connectivity index (χ1v) is 8.69. The van der Waals surface area contributed by atoms with Crippen molar-refractivity contribution in [2.24, 2.45) is 0 Å². The van der Waals surface area contributed by atoms with E-state index in [2.05, 4.69) is 10.3 Å². The Labute approximate surface area is 159 Å². The number of halogens is 1. The average Bonchev–Trinajstić information content (AvgIpc) is 2.65.